The van der Waals surface area contributed by atoms with Crippen molar-refractivity contribution in [3.05, 3.63) is 59.8 Å². The number of rotatable bonds is 4. The molecule has 1 amide bonds. The lowest BCUT2D eigenvalue weighted by atomic mass is 10.1. The van der Waals surface area contributed by atoms with Crippen LogP contribution in [0.5, 0.6) is 0 Å². The number of benzene rings is 1. The second-order valence-electron chi connectivity index (χ2n) is 8.01. The minimum atomic E-state index is -0.299. The van der Waals surface area contributed by atoms with E-state index in [4.69, 9.17) is 4.84 Å². The standard InChI is InChI=1S/C23H22N6O2/c1-15-8-20(6-7-25-15)29-13-18(14-31-29)23(30)26-21-10-17-12-28(19-4-2-3-5-19)27-22(17)9-16(21)11-24/h6-10,12,14,19H,2-5,13H2,1H3,(H,26,30). The average molecular weight is 414 g/mol. The number of carbonyl (C=O) groups is 1. The molecule has 1 aliphatic carbocycles. The smallest absolute Gasteiger partial charge is 0.256 e. The van der Waals surface area contributed by atoms with Gasteiger partial charge in [-0.15, -0.1) is 0 Å². The predicted molar refractivity (Wildman–Crippen MR) is 116 cm³/mol. The number of hydrogen-bond acceptors (Lipinski definition) is 6. The van der Waals surface area contributed by atoms with E-state index in [1.54, 1.807) is 17.3 Å². The van der Waals surface area contributed by atoms with E-state index < -0.39 is 0 Å². The molecule has 0 spiro atoms. The Bertz CT molecular complexity index is 1230. The summed E-state index contributed by atoms with van der Waals surface area (Å²) in [5.74, 6) is -0.299. The van der Waals surface area contributed by atoms with Gasteiger partial charge in [0.25, 0.3) is 5.91 Å². The van der Waals surface area contributed by atoms with Gasteiger partial charge in [-0.2, -0.15) is 10.4 Å². The molecule has 0 saturated heterocycles. The van der Waals surface area contributed by atoms with E-state index in [2.05, 4.69) is 21.5 Å². The Balaban J connectivity index is 1.34. The lowest BCUT2D eigenvalue weighted by Gasteiger charge is -2.16. The van der Waals surface area contributed by atoms with Crippen molar-refractivity contribution in [3.63, 3.8) is 0 Å². The van der Waals surface area contributed by atoms with E-state index in [9.17, 15) is 10.1 Å². The van der Waals surface area contributed by atoms with E-state index in [1.807, 2.05) is 36.0 Å². The number of carbonyl (C=O) groups excluding carboxylic acids is 1. The van der Waals surface area contributed by atoms with Crippen molar-refractivity contribution >= 4 is 28.2 Å². The Hall–Kier alpha value is -3.86. The van der Waals surface area contributed by atoms with Gasteiger partial charge >= 0.3 is 0 Å². The fourth-order valence-corrected chi connectivity index (χ4v) is 4.16. The van der Waals surface area contributed by atoms with Gasteiger partial charge in [-0.05, 0) is 44.0 Å². The molecule has 0 atom stereocenters. The first-order valence-corrected chi connectivity index (χ1v) is 10.4. The summed E-state index contributed by atoms with van der Waals surface area (Å²) >= 11 is 0. The van der Waals surface area contributed by atoms with E-state index in [0.29, 0.717) is 29.4 Å². The van der Waals surface area contributed by atoms with Crippen LogP contribution in [0.4, 0.5) is 11.4 Å². The third-order valence-electron chi connectivity index (χ3n) is 5.82. The van der Waals surface area contributed by atoms with Crippen molar-refractivity contribution in [3.8, 4) is 6.07 Å². The molecule has 8 heteroatoms. The SMILES string of the molecule is Cc1cc(N2CC(C(=O)Nc3cc4cn(C5CCCC5)nc4cc3C#N)=CO2)ccn1. The Morgan fingerprint density at radius 2 is 2.13 bits per heavy atom. The van der Waals surface area contributed by atoms with Gasteiger partial charge in [0.05, 0.1) is 40.6 Å². The van der Waals surface area contributed by atoms with Gasteiger partial charge in [-0.3, -0.25) is 14.5 Å². The number of anilines is 2. The normalized spacial score (nSPS) is 16.3. The molecule has 3 heterocycles. The van der Waals surface area contributed by atoms with Crippen LogP contribution in [-0.4, -0.2) is 27.2 Å². The summed E-state index contributed by atoms with van der Waals surface area (Å²) in [6.07, 6.45) is 9.85. The molecule has 1 aromatic carbocycles. The average Bonchev–Trinajstić information content (AvgIpc) is 3.53. The first-order chi connectivity index (χ1) is 15.1. The molecular formula is C23H22N6O2. The molecule has 1 N–H and O–H groups in total. The molecule has 0 unspecified atom stereocenters. The molecule has 2 aromatic heterocycles. The van der Waals surface area contributed by atoms with Gasteiger partial charge in [0.15, 0.2) is 0 Å². The number of nitrogens with one attached hydrogen (secondary N) is 1. The molecule has 8 nitrogen and oxygen atoms in total. The highest BCUT2D eigenvalue weighted by atomic mass is 16.7. The number of aromatic nitrogens is 3. The summed E-state index contributed by atoms with van der Waals surface area (Å²) in [7, 11) is 0. The summed E-state index contributed by atoms with van der Waals surface area (Å²) < 4.78 is 2.01. The van der Waals surface area contributed by atoms with Gasteiger partial charge < -0.3 is 10.2 Å². The topological polar surface area (TPSA) is 96.1 Å². The summed E-state index contributed by atoms with van der Waals surface area (Å²) in [4.78, 5) is 22.6. The number of amides is 1. The minimum absolute atomic E-state index is 0.299. The summed E-state index contributed by atoms with van der Waals surface area (Å²) in [6, 6.07) is 9.86. The van der Waals surface area contributed by atoms with E-state index in [1.165, 1.54) is 19.1 Å². The number of hydrogen-bond donors (Lipinski definition) is 1. The van der Waals surface area contributed by atoms with Crippen LogP contribution in [0.25, 0.3) is 10.9 Å². The van der Waals surface area contributed by atoms with Crippen LogP contribution in [0.3, 0.4) is 0 Å². The van der Waals surface area contributed by atoms with Crippen molar-refractivity contribution in [2.24, 2.45) is 0 Å². The lowest BCUT2D eigenvalue weighted by molar-refractivity contribution is -0.112. The van der Waals surface area contributed by atoms with Crippen molar-refractivity contribution in [2.45, 2.75) is 38.6 Å². The highest BCUT2D eigenvalue weighted by Gasteiger charge is 2.24. The Labute approximate surface area is 179 Å². The number of aryl methyl sites for hydroxylation is 1. The zero-order chi connectivity index (χ0) is 21.4. The summed E-state index contributed by atoms with van der Waals surface area (Å²) in [6.45, 7) is 2.20. The zero-order valence-electron chi connectivity index (χ0n) is 17.2. The van der Waals surface area contributed by atoms with Crippen molar-refractivity contribution in [2.75, 3.05) is 16.9 Å². The third kappa shape index (κ3) is 3.70. The van der Waals surface area contributed by atoms with Gasteiger partial charge in [-0.1, -0.05) is 12.8 Å². The van der Waals surface area contributed by atoms with Gasteiger partial charge in [0.2, 0.25) is 0 Å². The van der Waals surface area contributed by atoms with E-state index in [-0.39, 0.29) is 5.91 Å². The Kier molecular flexibility index (Phi) is 4.79. The molecule has 156 valence electrons. The monoisotopic (exact) mass is 414 g/mol. The number of hydroxylamine groups is 1. The Morgan fingerprint density at radius 1 is 1.29 bits per heavy atom. The maximum atomic E-state index is 12.8. The van der Waals surface area contributed by atoms with Crippen LogP contribution >= 0.6 is 0 Å². The van der Waals surface area contributed by atoms with Gasteiger partial charge in [0.1, 0.15) is 12.3 Å². The van der Waals surface area contributed by atoms with Crippen LogP contribution in [0.2, 0.25) is 0 Å². The maximum Gasteiger partial charge on any atom is 0.256 e. The summed E-state index contributed by atoms with van der Waals surface area (Å²) in [5, 5.41) is 19.7. The molecule has 5 rings (SSSR count). The molecule has 1 fully saturated rings. The molecule has 0 radical (unpaired) electrons. The minimum Gasteiger partial charge on any atom is -0.386 e. The van der Waals surface area contributed by atoms with Crippen molar-refractivity contribution < 1.29 is 9.63 Å². The summed E-state index contributed by atoms with van der Waals surface area (Å²) in [5.41, 5.74) is 3.79. The second kappa shape index (κ2) is 7.76. The highest BCUT2D eigenvalue weighted by molar-refractivity contribution is 6.06. The fraction of sp³-hybridized carbons (Fsp3) is 0.304. The second-order valence-corrected chi connectivity index (χ2v) is 8.01. The largest absolute Gasteiger partial charge is 0.386 e. The number of nitrogens with zero attached hydrogens (tertiary/aromatic N) is 5. The molecule has 1 aliphatic heterocycles. The molecule has 2 aliphatic rings. The molecule has 0 bridgehead atoms. The Morgan fingerprint density at radius 3 is 2.90 bits per heavy atom. The van der Waals surface area contributed by atoms with Crippen molar-refractivity contribution in [1.82, 2.24) is 14.8 Å². The predicted octanol–water partition coefficient (Wildman–Crippen LogP) is 4.00. The number of pyridine rings is 1. The van der Waals surface area contributed by atoms with E-state index >= 15 is 0 Å². The van der Waals surface area contributed by atoms with Crippen LogP contribution in [0.15, 0.2) is 48.5 Å². The van der Waals surface area contributed by atoms with Crippen LogP contribution < -0.4 is 10.4 Å². The van der Waals surface area contributed by atoms with Crippen LogP contribution in [0.1, 0.15) is 43.0 Å². The lowest BCUT2D eigenvalue weighted by Crippen LogP contribution is -2.23. The fourth-order valence-electron chi connectivity index (χ4n) is 4.16. The molecular weight excluding hydrogens is 392 g/mol. The first kappa shape index (κ1) is 19.1. The maximum absolute atomic E-state index is 12.8. The zero-order valence-corrected chi connectivity index (χ0v) is 17.2. The quantitative estimate of drug-likeness (QED) is 0.693. The van der Waals surface area contributed by atoms with E-state index in [0.717, 1.165) is 35.1 Å². The van der Waals surface area contributed by atoms with Gasteiger partial charge in [0, 0.05) is 23.5 Å². The first-order valence-electron chi connectivity index (χ1n) is 10.4. The van der Waals surface area contributed by atoms with Crippen LogP contribution in [-0.2, 0) is 9.63 Å². The number of fused-ring (bicyclic) bond motifs is 1. The van der Waals surface area contributed by atoms with Crippen LogP contribution in [0, 0.1) is 18.3 Å². The molecule has 1 saturated carbocycles. The number of nitriles is 1. The third-order valence-corrected chi connectivity index (χ3v) is 5.82. The molecule has 3 aromatic rings. The highest BCUT2D eigenvalue weighted by Crippen LogP contribution is 2.31. The van der Waals surface area contributed by atoms with Crippen molar-refractivity contribution in [1.29, 1.82) is 5.26 Å². The molecule has 31 heavy (non-hydrogen) atoms. The van der Waals surface area contributed by atoms with Gasteiger partial charge in [-0.25, -0.2) is 5.06 Å².